The van der Waals surface area contributed by atoms with Crippen LogP contribution in [0.15, 0.2) is 48.5 Å². The molecule has 3 rings (SSSR count). The Morgan fingerprint density at radius 3 is 2.43 bits per heavy atom. The van der Waals surface area contributed by atoms with Crippen molar-refractivity contribution in [3.8, 4) is 0 Å². The van der Waals surface area contributed by atoms with Crippen molar-refractivity contribution < 1.29 is 18.0 Å². The minimum atomic E-state index is -3.70. The van der Waals surface area contributed by atoms with Gasteiger partial charge in [0.05, 0.1) is 17.0 Å². The lowest BCUT2D eigenvalue weighted by Crippen LogP contribution is -2.40. The zero-order chi connectivity index (χ0) is 21.7. The number of carbonyl (C=O) groups excluding carboxylic acids is 2. The van der Waals surface area contributed by atoms with Gasteiger partial charge in [0.25, 0.3) is 0 Å². The van der Waals surface area contributed by atoms with Gasteiger partial charge in [0.15, 0.2) is 0 Å². The van der Waals surface area contributed by atoms with Crippen molar-refractivity contribution in [2.75, 3.05) is 23.7 Å². The highest BCUT2D eigenvalue weighted by Crippen LogP contribution is 2.27. The van der Waals surface area contributed by atoms with Crippen molar-refractivity contribution in [1.29, 1.82) is 0 Å². The molecule has 7 nitrogen and oxygen atoms in total. The van der Waals surface area contributed by atoms with E-state index in [0.717, 1.165) is 34.7 Å². The van der Waals surface area contributed by atoms with E-state index >= 15 is 0 Å². The van der Waals surface area contributed by atoms with Gasteiger partial charge >= 0.3 is 0 Å². The Labute approximate surface area is 181 Å². The average molecular weight is 450 g/mol. The molecule has 1 aliphatic rings. The zero-order valence-electron chi connectivity index (χ0n) is 16.7. The molecule has 0 radical (unpaired) electrons. The van der Waals surface area contributed by atoms with Crippen LogP contribution in [-0.2, 0) is 32.7 Å². The molecule has 2 amide bonds. The molecule has 1 fully saturated rings. The molecule has 9 heteroatoms. The first-order valence-corrected chi connectivity index (χ1v) is 11.8. The van der Waals surface area contributed by atoms with Gasteiger partial charge in [-0.15, -0.1) is 0 Å². The molecule has 2 aromatic rings. The summed E-state index contributed by atoms with van der Waals surface area (Å²) in [5, 5.41) is 3.02. The van der Waals surface area contributed by atoms with Crippen LogP contribution in [0, 0.1) is 0 Å². The number of rotatable bonds is 8. The van der Waals surface area contributed by atoms with Crippen LogP contribution in [0.2, 0.25) is 5.02 Å². The third-order valence-electron chi connectivity index (χ3n) is 4.94. The predicted molar refractivity (Wildman–Crippen MR) is 117 cm³/mol. The minimum absolute atomic E-state index is 0.136. The van der Waals surface area contributed by atoms with E-state index in [1.807, 2.05) is 29.2 Å². The number of likely N-dealkylation sites (tertiary alicyclic amines) is 1. The highest BCUT2D eigenvalue weighted by molar-refractivity contribution is 7.92. The molecule has 1 heterocycles. The van der Waals surface area contributed by atoms with Crippen molar-refractivity contribution in [2.45, 2.75) is 25.9 Å². The number of para-hydroxylation sites is 1. The molecule has 0 unspecified atom stereocenters. The standard InChI is InChI=1S/C21H24ClN3O4S/c1-30(28,29)25(19-10-5-4-9-18(19)22)15-20(26)23-13-16-7-2-3-8-17(16)14-24-12-6-11-21(24)27/h2-5,7-10H,6,11-15H2,1H3,(H,23,26). The Morgan fingerprint density at radius 2 is 1.80 bits per heavy atom. The highest BCUT2D eigenvalue weighted by Gasteiger charge is 2.23. The van der Waals surface area contributed by atoms with Gasteiger partial charge in [-0.05, 0) is 29.7 Å². The summed E-state index contributed by atoms with van der Waals surface area (Å²) in [6.45, 7) is 1.09. The lowest BCUT2D eigenvalue weighted by molar-refractivity contribution is -0.128. The molecular formula is C21H24ClN3O4S. The first-order valence-electron chi connectivity index (χ1n) is 9.59. The van der Waals surface area contributed by atoms with Crippen molar-refractivity contribution in [3.05, 3.63) is 64.7 Å². The van der Waals surface area contributed by atoms with Gasteiger partial charge in [-0.3, -0.25) is 13.9 Å². The SMILES string of the molecule is CS(=O)(=O)N(CC(=O)NCc1ccccc1CN1CCCC1=O)c1ccccc1Cl. The topological polar surface area (TPSA) is 86.8 Å². The molecule has 0 atom stereocenters. The van der Waals surface area contributed by atoms with Crippen LogP contribution < -0.4 is 9.62 Å². The molecule has 160 valence electrons. The molecule has 0 saturated carbocycles. The maximum atomic E-state index is 12.5. The summed E-state index contributed by atoms with van der Waals surface area (Å²) in [5.74, 6) is -0.315. The predicted octanol–water partition coefficient (Wildman–Crippen LogP) is 2.54. The van der Waals surface area contributed by atoms with E-state index in [9.17, 15) is 18.0 Å². The van der Waals surface area contributed by atoms with Crippen LogP contribution >= 0.6 is 11.6 Å². The van der Waals surface area contributed by atoms with E-state index in [1.54, 1.807) is 24.3 Å². The van der Waals surface area contributed by atoms with Crippen LogP contribution in [0.1, 0.15) is 24.0 Å². The van der Waals surface area contributed by atoms with Gasteiger partial charge in [-0.25, -0.2) is 8.42 Å². The van der Waals surface area contributed by atoms with Gasteiger partial charge in [-0.2, -0.15) is 0 Å². The highest BCUT2D eigenvalue weighted by atomic mass is 35.5. The van der Waals surface area contributed by atoms with Crippen LogP contribution in [0.3, 0.4) is 0 Å². The average Bonchev–Trinajstić information content (AvgIpc) is 3.10. The number of sulfonamides is 1. The Morgan fingerprint density at radius 1 is 1.13 bits per heavy atom. The molecule has 30 heavy (non-hydrogen) atoms. The van der Waals surface area contributed by atoms with Crippen LogP contribution in [0.5, 0.6) is 0 Å². The smallest absolute Gasteiger partial charge is 0.241 e. The Kier molecular flexibility index (Phi) is 6.99. The second-order valence-corrected chi connectivity index (χ2v) is 9.50. The van der Waals surface area contributed by atoms with Crippen LogP contribution in [0.25, 0.3) is 0 Å². The molecule has 1 aliphatic heterocycles. The number of nitrogens with zero attached hydrogens (tertiary/aromatic N) is 2. The summed E-state index contributed by atoms with van der Waals surface area (Å²) >= 11 is 6.13. The normalized spacial score (nSPS) is 14.1. The van der Waals surface area contributed by atoms with Gasteiger partial charge in [0.1, 0.15) is 6.54 Å². The first kappa shape index (κ1) is 22.1. The number of halogens is 1. The van der Waals surface area contributed by atoms with Crippen LogP contribution in [-0.4, -0.2) is 44.5 Å². The maximum Gasteiger partial charge on any atom is 0.241 e. The number of amides is 2. The van der Waals surface area contributed by atoms with E-state index in [2.05, 4.69) is 5.32 Å². The number of hydrogen-bond donors (Lipinski definition) is 1. The summed E-state index contributed by atoms with van der Waals surface area (Å²) in [7, 11) is -3.70. The third kappa shape index (κ3) is 5.52. The molecule has 1 saturated heterocycles. The monoisotopic (exact) mass is 449 g/mol. The summed E-state index contributed by atoms with van der Waals surface area (Å²) < 4.78 is 25.4. The second kappa shape index (κ2) is 9.49. The summed E-state index contributed by atoms with van der Waals surface area (Å²) in [6.07, 6.45) is 2.47. The Hall–Kier alpha value is -2.58. The van der Waals surface area contributed by atoms with Crippen LogP contribution in [0.4, 0.5) is 5.69 Å². The fourth-order valence-corrected chi connectivity index (χ4v) is 4.53. The van der Waals surface area contributed by atoms with E-state index < -0.39 is 15.9 Å². The fraction of sp³-hybridized carbons (Fsp3) is 0.333. The Bertz CT molecular complexity index is 1040. The zero-order valence-corrected chi connectivity index (χ0v) is 18.2. The van der Waals surface area contributed by atoms with Crippen molar-refractivity contribution >= 4 is 39.1 Å². The second-order valence-electron chi connectivity index (χ2n) is 7.19. The largest absolute Gasteiger partial charge is 0.350 e. The first-order chi connectivity index (χ1) is 14.3. The molecule has 0 aliphatic carbocycles. The summed E-state index contributed by atoms with van der Waals surface area (Å²) in [6, 6.07) is 14.1. The summed E-state index contributed by atoms with van der Waals surface area (Å²) in [5.41, 5.74) is 2.10. The van der Waals surface area contributed by atoms with E-state index in [4.69, 9.17) is 11.6 Å². The lowest BCUT2D eigenvalue weighted by Gasteiger charge is -2.23. The molecule has 1 N–H and O–H groups in total. The fourth-order valence-electron chi connectivity index (χ4n) is 3.38. The van der Waals surface area contributed by atoms with Gasteiger partial charge in [-0.1, -0.05) is 48.0 Å². The van der Waals surface area contributed by atoms with E-state index in [1.165, 1.54) is 0 Å². The number of carbonyl (C=O) groups is 2. The van der Waals surface area contributed by atoms with Gasteiger partial charge < -0.3 is 10.2 Å². The minimum Gasteiger partial charge on any atom is -0.350 e. The quantitative estimate of drug-likeness (QED) is 0.671. The van der Waals surface area contributed by atoms with Gasteiger partial charge in [0.2, 0.25) is 21.8 Å². The molecular weight excluding hydrogens is 426 g/mol. The third-order valence-corrected chi connectivity index (χ3v) is 6.38. The van der Waals surface area contributed by atoms with Gasteiger partial charge in [0, 0.05) is 26.1 Å². The van der Waals surface area contributed by atoms with E-state index in [0.29, 0.717) is 13.0 Å². The molecule has 0 aromatic heterocycles. The molecule has 0 spiro atoms. The number of hydrogen-bond acceptors (Lipinski definition) is 4. The van der Waals surface area contributed by atoms with Crippen molar-refractivity contribution in [1.82, 2.24) is 10.2 Å². The molecule has 2 aromatic carbocycles. The van der Waals surface area contributed by atoms with Crippen molar-refractivity contribution in [3.63, 3.8) is 0 Å². The number of nitrogens with one attached hydrogen (secondary N) is 1. The maximum absolute atomic E-state index is 12.5. The number of anilines is 1. The molecule has 0 bridgehead atoms. The number of benzene rings is 2. The van der Waals surface area contributed by atoms with Crippen molar-refractivity contribution in [2.24, 2.45) is 0 Å². The summed E-state index contributed by atoms with van der Waals surface area (Å²) in [4.78, 5) is 26.3. The Balaban J connectivity index is 1.68. The lowest BCUT2D eigenvalue weighted by atomic mass is 10.1. The van der Waals surface area contributed by atoms with E-state index in [-0.39, 0.29) is 29.7 Å².